The number of carbonyl (C=O) groups is 2. The summed E-state index contributed by atoms with van der Waals surface area (Å²) >= 11 is 0. The molecule has 7 nitrogen and oxygen atoms in total. The van der Waals surface area contributed by atoms with E-state index < -0.39 is 11.9 Å². The molecule has 3 N–H and O–H groups in total. The predicted octanol–water partition coefficient (Wildman–Crippen LogP) is 0.433. The monoisotopic (exact) mass is 246 g/mol. The van der Waals surface area contributed by atoms with Crippen LogP contribution in [0.15, 0.2) is 30.6 Å². The van der Waals surface area contributed by atoms with Gasteiger partial charge < -0.3 is 15.4 Å². The lowest BCUT2D eigenvalue weighted by Crippen LogP contribution is -2.23. The number of aromatic nitrogens is 3. The molecule has 2 aromatic rings. The minimum Gasteiger partial charge on any atom is -0.475 e. The number of nitrogens with one attached hydrogen (secondary N) is 2. The number of amides is 1. The van der Waals surface area contributed by atoms with Gasteiger partial charge in [0.15, 0.2) is 0 Å². The average Bonchev–Trinajstić information content (AvgIpc) is 2.87. The molecule has 0 aliphatic carbocycles. The minimum absolute atomic E-state index is 0.0309. The van der Waals surface area contributed by atoms with Gasteiger partial charge in [-0.05, 0) is 12.1 Å². The molecule has 92 valence electrons. The summed E-state index contributed by atoms with van der Waals surface area (Å²) in [6.45, 7) is 0.259. The van der Waals surface area contributed by atoms with Crippen molar-refractivity contribution in [3.05, 3.63) is 47.8 Å². The molecule has 18 heavy (non-hydrogen) atoms. The number of carboxylic acids is 1. The number of rotatable bonds is 4. The first-order valence-corrected chi connectivity index (χ1v) is 5.13. The summed E-state index contributed by atoms with van der Waals surface area (Å²) in [6.07, 6.45) is 2.87. The van der Waals surface area contributed by atoms with E-state index in [9.17, 15) is 9.59 Å². The number of nitrogens with zero attached hydrogens (tertiary/aromatic N) is 2. The SMILES string of the molecule is O=C(NCc1ccccn1)c1c[nH]c(C(=O)O)n1. The van der Waals surface area contributed by atoms with Crippen molar-refractivity contribution in [1.29, 1.82) is 0 Å². The summed E-state index contributed by atoms with van der Waals surface area (Å²) < 4.78 is 0. The van der Waals surface area contributed by atoms with E-state index in [0.29, 0.717) is 5.69 Å². The van der Waals surface area contributed by atoms with Gasteiger partial charge in [-0.15, -0.1) is 0 Å². The van der Waals surface area contributed by atoms with Crippen molar-refractivity contribution in [3.63, 3.8) is 0 Å². The van der Waals surface area contributed by atoms with Crippen LogP contribution in [0.4, 0.5) is 0 Å². The van der Waals surface area contributed by atoms with Crippen LogP contribution in [-0.2, 0) is 6.54 Å². The lowest BCUT2D eigenvalue weighted by Gasteiger charge is -2.01. The van der Waals surface area contributed by atoms with Gasteiger partial charge in [-0.25, -0.2) is 9.78 Å². The standard InChI is InChI=1S/C11H10N4O3/c16-10(8-6-13-9(15-8)11(17)18)14-5-7-3-1-2-4-12-7/h1-4,6H,5H2,(H,13,15)(H,14,16)(H,17,18). The maximum absolute atomic E-state index is 11.6. The van der Waals surface area contributed by atoms with Gasteiger partial charge >= 0.3 is 5.97 Å². The highest BCUT2D eigenvalue weighted by atomic mass is 16.4. The van der Waals surface area contributed by atoms with E-state index in [4.69, 9.17) is 5.11 Å². The Hall–Kier alpha value is -2.70. The first kappa shape index (κ1) is 11.8. The van der Waals surface area contributed by atoms with Gasteiger partial charge in [0.05, 0.1) is 12.2 Å². The molecule has 0 saturated carbocycles. The summed E-state index contributed by atoms with van der Waals surface area (Å²) in [5.41, 5.74) is 0.739. The molecule has 2 aromatic heterocycles. The van der Waals surface area contributed by atoms with Crippen molar-refractivity contribution in [2.75, 3.05) is 0 Å². The third kappa shape index (κ3) is 2.70. The molecule has 2 heterocycles. The Morgan fingerprint density at radius 1 is 1.39 bits per heavy atom. The number of aromatic amines is 1. The van der Waals surface area contributed by atoms with Crippen LogP contribution in [-0.4, -0.2) is 31.9 Å². The van der Waals surface area contributed by atoms with Gasteiger partial charge in [-0.1, -0.05) is 6.07 Å². The zero-order valence-corrected chi connectivity index (χ0v) is 9.25. The van der Waals surface area contributed by atoms with E-state index in [2.05, 4.69) is 20.3 Å². The topological polar surface area (TPSA) is 108 Å². The summed E-state index contributed by atoms with van der Waals surface area (Å²) in [6, 6.07) is 5.36. The Kier molecular flexibility index (Phi) is 3.33. The Labute approximate surface area is 102 Å². The van der Waals surface area contributed by atoms with E-state index >= 15 is 0 Å². The Morgan fingerprint density at radius 3 is 2.83 bits per heavy atom. The molecule has 0 aliphatic rings. The average molecular weight is 246 g/mol. The summed E-state index contributed by atoms with van der Waals surface area (Å²) in [5, 5.41) is 11.2. The van der Waals surface area contributed by atoms with E-state index in [0.717, 1.165) is 0 Å². The number of pyridine rings is 1. The minimum atomic E-state index is -1.21. The van der Waals surface area contributed by atoms with Crippen molar-refractivity contribution in [1.82, 2.24) is 20.3 Å². The molecule has 0 saturated heterocycles. The summed E-state index contributed by atoms with van der Waals surface area (Å²) in [4.78, 5) is 32.3. The number of carbonyl (C=O) groups excluding carboxylic acids is 1. The van der Waals surface area contributed by atoms with Crippen molar-refractivity contribution < 1.29 is 14.7 Å². The highest BCUT2D eigenvalue weighted by Gasteiger charge is 2.13. The van der Waals surface area contributed by atoms with Gasteiger partial charge in [-0.2, -0.15) is 0 Å². The van der Waals surface area contributed by atoms with Crippen LogP contribution in [0.25, 0.3) is 0 Å². The second-order valence-electron chi connectivity index (χ2n) is 3.44. The molecule has 1 amide bonds. The molecule has 0 aromatic carbocycles. The fraction of sp³-hybridized carbons (Fsp3) is 0.0909. The van der Waals surface area contributed by atoms with Crippen molar-refractivity contribution in [2.24, 2.45) is 0 Å². The highest BCUT2D eigenvalue weighted by molar-refractivity contribution is 5.93. The van der Waals surface area contributed by atoms with Crippen molar-refractivity contribution >= 4 is 11.9 Å². The van der Waals surface area contributed by atoms with Crippen LogP contribution in [0.2, 0.25) is 0 Å². The summed E-state index contributed by atoms with van der Waals surface area (Å²) in [5.74, 6) is -1.93. The molecular formula is C11H10N4O3. The second-order valence-corrected chi connectivity index (χ2v) is 3.44. The van der Waals surface area contributed by atoms with Crippen LogP contribution in [0.3, 0.4) is 0 Å². The van der Waals surface area contributed by atoms with Crippen LogP contribution in [0.1, 0.15) is 26.8 Å². The highest BCUT2D eigenvalue weighted by Crippen LogP contribution is 1.98. The van der Waals surface area contributed by atoms with Gasteiger partial charge in [0.2, 0.25) is 5.82 Å². The lowest BCUT2D eigenvalue weighted by molar-refractivity contribution is 0.0684. The Balaban J connectivity index is 1.97. The first-order chi connectivity index (χ1) is 8.66. The van der Waals surface area contributed by atoms with E-state index in [1.165, 1.54) is 6.20 Å². The van der Waals surface area contributed by atoms with Gasteiger partial charge in [-0.3, -0.25) is 9.78 Å². The van der Waals surface area contributed by atoms with Gasteiger partial charge in [0, 0.05) is 12.4 Å². The molecule has 0 radical (unpaired) electrons. The zero-order chi connectivity index (χ0) is 13.0. The van der Waals surface area contributed by atoms with E-state index in [-0.39, 0.29) is 18.1 Å². The van der Waals surface area contributed by atoms with E-state index in [1.807, 2.05) is 6.07 Å². The van der Waals surface area contributed by atoms with Crippen LogP contribution in [0, 0.1) is 0 Å². The Morgan fingerprint density at radius 2 is 2.22 bits per heavy atom. The molecular weight excluding hydrogens is 236 g/mol. The van der Waals surface area contributed by atoms with Crippen LogP contribution in [0.5, 0.6) is 0 Å². The fourth-order valence-electron chi connectivity index (χ4n) is 1.31. The maximum atomic E-state index is 11.6. The van der Waals surface area contributed by atoms with Gasteiger partial charge in [0.25, 0.3) is 5.91 Å². The quantitative estimate of drug-likeness (QED) is 0.725. The van der Waals surface area contributed by atoms with Crippen molar-refractivity contribution in [2.45, 2.75) is 6.54 Å². The lowest BCUT2D eigenvalue weighted by atomic mass is 10.3. The second kappa shape index (κ2) is 5.09. The molecule has 0 bridgehead atoms. The summed E-state index contributed by atoms with van der Waals surface area (Å²) in [7, 11) is 0. The molecule has 0 atom stereocenters. The van der Waals surface area contributed by atoms with Crippen molar-refractivity contribution in [3.8, 4) is 0 Å². The third-order valence-electron chi connectivity index (χ3n) is 2.17. The number of hydrogen-bond donors (Lipinski definition) is 3. The van der Waals surface area contributed by atoms with Crippen LogP contribution < -0.4 is 5.32 Å². The molecule has 7 heteroatoms. The number of hydrogen-bond acceptors (Lipinski definition) is 4. The molecule has 0 spiro atoms. The predicted molar refractivity (Wildman–Crippen MR) is 61.0 cm³/mol. The number of H-pyrrole nitrogens is 1. The smallest absolute Gasteiger partial charge is 0.371 e. The van der Waals surface area contributed by atoms with E-state index in [1.54, 1.807) is 18.3 Å². The third-order valence-corrected chi connectivity index (χ3v) is 2.17. The largest absolute Gasteiger partial charge is 0.475 e. The molecule has 0 unspecified atom stereocenters. The number of aromatic carboxylic acids is 1. The molecule has 0 fully saturated rings. The normalized spacial score (nSPS) is 10.0. The molecule has 2 rings (SSSR count). The molecule has 0 aliphatic heterocycles. The maximum Gasteiger partial charge on any atom is 0.371 e. The number of imidazole rings is 1. The fourth-order valence-corrected chi connectivity index (χ4v) is 1.31. The first-order valence-electron chi connectivity index (χ1n) is 5.13. The van der Waals surface area contributed by atoms with Crippen LogP contribution >= 0.6 is 0 Å². The van der Waals surface area contributed by atoms with Gasteiger partial charge in [0.1, 0.15) is 5.69 Å². The zero-order valence-electron chi connectivity index (χ0n) is 9.25. The Bertz CT molecular complexity index is 565. The number of carboxylic acid groups (broad SMARTS) is 1.